The molecule has 0 fully saturated rings. The Balaban J connectivity index is 1.86. The molecule has 1 atom stereocenters. The van der Waals surface area contributed by atoms with Gasteiger partial charge in [-0.3, -0.25) is 4.79 Å². The van der Waals surface area contributed by atoms with Crippen LogP contribution in [0.1, 0.15) is 34.5 Å². The molecule has 2 aromatic carbocycles. The van der Waals surface area contributed by atoms with E-state index in [0.717, 1.165) is 11.1 Å². The van der Waals surface area contributed by atoms with Gasteiger partial charge in [0.25, 0.3) is 5.91 Å². The molecule has 3 aromatic rings. The van der Waals surface area contributed by atoms with Crippen molar-refractivity contribution < 1.29 is 23.8 Å². The lowest BCUT2D eigenvalue weighted by Crippen LogP contribution is -2.32. The molecule has 0 bridgehead atoms. The van der Waals surface area contributed by atoms with E-state index in [4.69, 9.17) is 14.2 Å². The third-order valence-electron chi connectivity index (χ3n) is 5.79. The number of nitrogens with zero attached hydrogens (tertiary/aromatic N) is 2. The van der Waals surface area contributed by atoms with Crippen LogP contribution >= 0.6 is 0 Å². The lowest BCUT2D eigenvalue weighted by molar-refractivity contribution is -0.113. The van der Waals surface area contributed by atoms with Crippen molar-refractivity contribution in [1.29, 1.82) is 0 Å². The Labute approximate surface area is 197 Å². The average Bonchev–Trinajstić information content (AvgIpc) is 3.26. The topological polar surface area (TPSA) is 104 Å². The van der Waals surface area contributed by atoms with E-state index in [0.29, 0.717) is 34.3 Å². The van der Waals surface area contributed by atoms with Gasteiger partial charge in [-0.15, -0.1) is 0 Å². The van der Waals surface area contributed by atoms with Crippen LogP contribution in [0, 0.1) is 6.92 Å². The number of benzene rings is 2. The van der Waals surface area contributed by atoms with Crippen molar-refractivity contribution in [1.82, 2.24) is 9.78 Å². The van der Waals surface area contributed by atoms with E-state index in [2.05, 4.69) is 15.7 Å². The molecule has 34 heavy (non-hydrogen) atoms. The van der Waals surface area contributed by atoms with Gasteiger partial charge in [-0.2, -0.15) is 5.10 Å². The van der Waals surface area contributed by atoms with Crippen LogP contribution in [0.3, 0.4) is 0 Å². The predicted molar refractivity (Wildman–Crippen MR) is 127 cm³/mol. The molecule has 2 heterocycles. The number of nitrogens with one attached hydrogen (secondary N) is 2. The first-order valence-corrected chi connectivity index (χ1v) is 10.6. The fourth-order valence-corrected chi connectivity index (χ4v) is 4.04. The molecule has 1 aliphatic heterocycles. The third-order valence-corrected chi connectivity index (χ3v) is 5.79. The first-order valence-electron chi connectivity index (χ1n) is 10.6. The Bertz CT molecular complexity index is 1290. The van der Waals surface area contributed by atoms with E-state index in [1.54, 1.807) is 38.0 Å². The van der Waals surface area contributed by atoms with Gasteiger partial charge in [0.2, 0.25) is 0 Å². The highest BCUT2D eigenvalue weighted by Crippen LogP contribution is 2.40. The van der Waals surface area contributed by atoms with Gasteiger partial charge in [0.1, 0.15) is 17.4 Å². The number of anilines is 2. The largest absolute Gasteiger partial charge is 0.493 e. The molecule has 0 saturated heterocycles. The highest BCUT2D eigenvalue weighted by molar-refractivity contribution is 6.07. The minimum atomic E-state index is -0.640. The first kappa shape index (κ1) is 22.9. The van der Waals surface area contributed by atoms with Crippen molar-refractivity contribution in [2.24, 2.45) is 0 Å². The maximum atomic E-state index is 13.6. The Morgan fingerprint density at radius 1 is 1.03 bits per heavy atom. The highest BCUT2D eigenvalue weighted by atomic mass is 16.5. The van der Waals surface area contributed by atoms with Gasteiger partial charge in [-0.25, -0.2) is 9.48 Å². The monoisotopic (exact) mass is 462 g/mol. The summed E-state index contributed by atoms with van der Waals surface area (Å²) in [6, 6.07) is 12.3. The summed E-state index contributed by atoms with van der Waals surface area (Å²) in [5, 5.41) is 10.6. The molecule has 176 valence electrons. The van der Waals surface area contributed by atoms with Crippen LogP contribution in [0.4, 0.5) is 11.5 Å². The molecule has 1 aliphatic rings. The Hall–Kier alpha value is -4.27. The lowest BCUT2D eigenvalue weighted by atomic mass is 9.94. The summed E-state index contributed by atoms with van der Waals surface area (Å²) in [7, 11) is 4.41. The van der Waals surface area contributed by atoms with Crippen molar-refractivity contribution in [2.45, 2.75) is 19.9 Å². The molecule has 4 rings (SSSR count). The number of methoxy groups -OCH3 is 3. The number of carbonyl (C=O) groups is 2. The van der Waals surface area contributed by atoms with E-state index in [1.165, 1.54) is 13.3 Å². The number of rotatable bonds is 6. The second-order valence-electron chi connectivity index (χ2n) is 7.79. The number of fused-ring (bicyclic) bond motifs is 1. The maximum absolute atomic E-state index is 13.6. The van der Waals surface area contributed by atoms with Crippen LogP contribution in [0.15, 0.2) is 59.9 Å². The normalized spacial score (nSPS) is 14.7. The summed E-state index contributed by atoms with van der Waals surface area (Å²) in [5.41, 5.74) is 3.68. The van der Waals surface area contributed by atoms with Gasteiger partial charge < -0.3 is 24.8 Å². The van der Waals surface area contributed by atoms with Gasteiger partial charge in [0, 0.05) is 11.4 Å². The molecule has 0 aliphatic carbocycles. The van der Waals surface area contributed by atoms with Crippen LogP contribution in [-0.4, -0.2) is 43.0 Å². The Morgan fingerprint density at radius 2 is 1.76 bits per heavy atom. The second-order valence-corrected chi connectivity index (χ2v) is 7.79. The number of esters is 1. The summed E-state index contributed by atoms with van der Waals surface area (Å²) < 4.78 is 17.4. The van der Waals surface area contributed by atoms with Crippen LogP contribution in [0.2, 0.25) is 0 Å². The van der Waals surface area contributed by atoms with E-state index in [9.17, 15) is 9.59 Å². The molecule has 9 nitrogen and oxygen atoms in total. The van der Waals surface area contributed by atoms with Crippen LogP contribution in [0.25, 0.3) is 0 Å². The zero-order valence-corrected chi connectivity index (χ0v) is 19.6. The number of ether oxygens (including phenoxy) is 3. The standard InChI is InChI=1S/C25H26N4O5/c1-14-8-6-7-9-18(14)28-24(30)21-15(2)27-23-17(25(31)34-5)13-26-29(23)22(21)16-10-11-19(32-3)20(12-16)33-4/h6-13,22,27H,1-5H3,(H,28,30)/t22-/m1/s1. The van der Waals surface area contributed by atoms with Crippen LogP contribution in [0.5, 0.6) is 11.5 Å². The Kier molecular flexibility index (Phi) is 6.27. The first-order chi connectivity index (χ1) is 16.4. The number of hydrogen-bond donors (Lipinski definition) is 2. The van der Waals surface area contributed by atoms with Gasteiger partial charge in [0.05, 0.1) is 33.1 Å². The number of carbonyl (C=O) groups excluding carboxylic acids is 2. The molecular weight excluding hydrogens is 436 g/mol. The zero-order valence-electron chi connectivity index (χ0n) is 19.6. The lowest BCUT2D eigenvalue weighted by Gasteiger charge is -2.30. The van der Waals surface area contributed by atoms with Crippen molar-refractivity contribution in [3.05, 3.63) is 76.6 Å². The quantitative estimate of drug-likeness (QED) is 0.535. The summed E-state index contributed by atoms with van der Waals surface area (Å²) in [5.74, 6) is 0.691. The van der Waals surface area contributed by atoms with Gasteiger partial charge in [0.15, 0.2) is 11.5 Å². The number of hydrogen-bond acceptors (Lipinski definition) is 7. The van der Waals surface area contributed by atoms with Crippen LogP contribution in [-0.2, 0) is 9.53 Å². The zero-order chi connectivity index (χ0) is 24.4. The molecule has 1 aromatic heterocycles. The second kappa shape index (κ2) is 9.30. The van der Waals surface area contributed by atoms with Crippen molar-refractivity contribution >= 4 is 23.4 Å². The maximum Gasteiger partial charge on any atom is 0.343 e. The molecule has 0 spiro atoms. The number of aromatic nitrogens is 2. The van der Waals surface area contributed by atoms with Gasteiger partial charge in [-0.1, -0.05) is 24.3 Å². The van der Waals surface area contributed by atoms with Gasteiger partial charge in [-0.05, 0) is 43.2 Å². The fourth-order valence-electron chi connectivity index (χ4n) is 4.04. The molecule has 0 saturated carbocycles. The third kappa shape index (κ3) is 3.96. The smallest absolute Gasteiger partial charge is 0.343 e. The molecule has 2 N–H and O–H groups in total. The molecule has 9 heteroatoms. The minimum absolute atomic E-state index is 0.269. The predicted octanol–water partition coefficient (Wildman–Crippen LogP) is 3.92. The molecule has 1 amide bonds. The SMILES string of the molecule is COC(=O)c1cnn2c1NC(C)=C(C(=O)Nc1ccccc1C)[C@H]2c1ccc(OC)c(OC)c1. The number of allylic oxidation sites excluding steroid dienone is 1. The van der Waals surface area contributed by atoms with Crippen molar-refractivity contribution in [3.8, 4) is 11.5 Å². The summed E-state index contributed by atoms with van der Waals surface area (Å²) in [6.45, 7) is 3.72. The summed E-state index contributed by atoms with van der Waals surface area (Å²) in [4.78, 5) is 25.9. The molecule has 0 radical (unpaired) electrons. The highest BCUT2D eigenvalue weighted by Gasteiger charge is 2.36. The van der Waals surface area contributed by atoms with Crippen molar-refractivity contribution in [3.63, 3.8) is 0 Å². The van der Waals surface area contributed by atoms with E-state index in [-0.39, 0.29) is 11.5 Å². The molecular formula is C25H26N4O5. The Morgan fingerprint density at radius 3 is 2.44 bits per heavy atom. The fraction of sp³-hybridized carbons (Fsp3) is 0.240. The number of aryl methyl sites for hydroxylation is 1. The summed E-state index contributed by atoms with van der Waals surface area (Å²) >= 11 is 0. The average molecular weight is 463 g/mol. The van der Waals surface area contributed by atoms with E-state index >= 15 is 0 Å². The number of amides is 1. The minimum Gasteiger partial charge on any atom is -0.493 e. The van der Waals surface area contributed by atoms with Crippen molar-refractivity contribution in [2.75, 3.05) is 32.0 Å². The van der Waals surface area contributed by atoms with Gasteiger partial charge >= 0.3 is 5.97 Å². The number of para-hydroxylation sites is 1. The summed E-state index contributed by atoms with van der Waals surface area (Å²) in [6.07, 6.45) is 1.43. The van der Waals surface area contributed by atoms with E-state index in [1.807, 2.05) is 37.3 Å². The molecule has 0 unspecified atom stereocenters. The van der Waals surface area contributed by atoms with Crippen LogP contribution < -0.4 is 20.1 Å². The van der Waals surface area contributed by atoms with E-state index < -0.39 is 12.0 Å².